The second kappa shape index (κ2) is 6.69. The monoisotopic (exact) mass is 289 g/mol. The van der Waals surface area contributed by atoms with Crippen molar-refractivity contribution in [1.29, 1.82) is 0 Å². The van der Waals surface area contributed by atoms with Crippen LogP contribution in [-0.2, 0) is 0 Å². The lowest BCUT2D eigenvalue weighted by molar-refractivity contribution is 0.102. The van der Waals surface area contributed by atoms with Gasteiger partial charge in [-0.25, -0.2) is 0 Å². The Bertz CT molecular complexity index is 622. The number of aromatic nitrogens is 1. The Hall–Kier alpha value is -2.63. The number of rotatable bonds is 6. The Morgan fingerprint density at radius 1 is 1.19 bits per heavy atom. The molecule has 0 aliphatic heterocycles. The Kier molecular flexibility index (Phi) is 4.71. The van der Waals surface area contributed by atoms with Gasteiger partial charge < -0.3 is 25.5 Å². The predicted molar refractivity (Wildman–Crippen MR) is 81.9 cm³/mol. The van der Waals surface area contributed by atoms with E-state index < -0.39 is 0 Å². The number of hydrogen-bond donors (Lipinski definition) is 3. The van der Waals surface area contributed by atoms with E-state index in [2.05, 4.69) is 10.3 Å². The number of H-pyrrole nitrogens is 1. The minimum atomic E-state index is -0.265. The maximum Gasteiger partial charge on any atom is 0.272 e. The molecule has 0 aliphatic carbocycles. The second-order valence-corrected chi connectivity index (χ2v) is 4.33. The number of nitrogens with one attached hydrogen (secondary N) is 2. The number of benzene rings is 1. The first-order chi connectivity index (χ1) is 10.1. The molecule has 0 saturated heterocycles. The van der Waals surface area contributed by atoms with Gasteiger partial charge in [0.15, 0.2) is 11.5 Å². The molecule has 4 N–H and O–H groups in total. The molecule has 2 aromatic rings. The van der Waals surface area contributed by atoms with Crippen molar-refractivity contribution in [2.75, 3.05) is 24.3 Å². The SMILES string of the molecule is CCOc1ccc(NC(=O)c2cc(N)c[nH]2)cc1OCC. The molecule has 1 heterocycles. The molecule has 0 fully saturated rings. The van der Waals surface area contributed by atoms with E-state index >= 15 is 0 Å². The summed E-state index contributed by atoms with van der Waals surface area (Å²) in [5, 5.41) is 2.78. The third kappa shape index (κ3) is 3.68. The first kappa shape index (κ1) is 14.8. The van der Waals surface area contributed by atoms with Crippen molar-refractivity contribution >= 4 is 17.3 Å². The largest absolute Gasteiger partial charge is 0.490 e. The summed E-state index contributed by atoms with van der Waals surface area (Å²) in [5.74, 6) is 0.989. The van der Waals surface area contributed by atoms with Gasteiger partial charge in [-0.1, -0.05) is 0 Å². The fraction of sp³-hybridized carbons (Fsp3) is 0.267. The molecule has 0 unspecified atom stereocenters. The van der Waals surface area contributed by atoms with Gasteiger partial charge in [0.2, 0.25) is 0 Å². The zero-order valence-corrected chi connectivity index (χ0v) is 12.1. The molecular formula is C15H19N3O3. The molecule has 0 saturated carbocycles. The zero-order valence-electron chi connectivity index (χ0n) is 12.1. The fourth-order valence-electron chi connectivity index (χ4n) is 1.87. The van der Waals surface area contributed by atoms with Gasteiger partial charge in [0, 0.05) is 23.6 Å². The van der Waals surface area contributed by atoms with E-state index in [0.29, 0.717) is 41.8 Å². The predicted octanol–water partition coefficient (Wildman–Crippen LogP) is 2.65. The summed E-state index contributed by atoms with van der Waals surface area (Å²) in [6, 6.07) is 6.84. The van der Waals surface area contributed by atoms with Crippen molar-refractivity contribution in [3.05, 3.63) is 36.2 Å². The van der Waals surface area contributed by atoms with Crippen LogP contribution in [0.25, 0.3) is 0 Å². The van der Waals surface area contributed by atoms with Gasteiger partial charge in [-0.2, -0.15) is 0 Å². The molecule has 0 spiro atoms. The third-order valence-corrected chi connectivity index (χ3v) is 2.75. The molecule has 112 valence electrons. The zero-order chi connectivity index (χ0) is 15.2. The van der Waals surface area contributed by atoms with E-state index in [1.807, 2.05) is 13.8 Å². The van der Waals surface area contributed by atoms with E-state index in [0.717, 1.165) is 0 Å². The molecule has 1 aromatic carbocycles. The van der Waals surface area contributed by atoms with E-state index in [4.69, 9.17) is 15.2 Å². The summed E-state index contributed by atoms with van der Waals surface area (Å²) < 4.78 is 11.0. The Balaban J connectivity index is 2.16. The Morgan fingerprint density at radius 3 is 2.52 bits per heavy atom. The number of anilines is 2. The second-order valence-electron chi connectivity index (χ2n) is 4.33. The average Bonchev–Trinajstić information content (AvgIpc) is 2.89. The molecule has 6 heteroatoms. The molecule has 0 radical (unpaired) electrons. The molecule has 1 aromatic heterocycles. The average molecular weight is 289 g/mol. The van der Waals surface area contributed by atoms with Crippen LogP contribution in [0.5, 0.6) is 11.5 Å². The van der Waals surface area contributed by atoms with Gasteiger partial charge in [-0.15, -0.1) is 0 Å². The number of amides is 1. The fourth-order valence-corrected chi connectivity index (χ4v) is 1.87. The van der Waals surface area contributed by atoms with Gasteiger partial charge in [-0.05, 0) is 32.0 Å². The topological polar surface area (TPSA) is 89.4 Å². The molecule has 1 amide bonds. The van der Waals surface area contributed by atoms with Gasteiger partial charge in [0.25, 0.3) is 5.91 Å². The summed E-state index contributed by atoms with van der Waals surface area (Å²) >= 11 is 0. The van der Waals surface area contributed by atoms with Crippen LogP contribution in [0.3, 0.4) is 0 Å². The van der Waals surface area contributed by atoms with Gasteiger partial charge >= 0.3 is 0 Å². The molecule has 0 aliphatic rings. The highest BCUT2D eigenvalue weighted by Gasteiger charge is 2.11. The molecule has 0 bridgehead atoms. The van der Waals surface area contributed by atoms with Crippen molar-refractivity contribution in [1.82, 2.24) is 4.98 Å². The minimum Gasteiger partial charge on any atom is -0.490 e. The molecule has 0 atom stereocenters. The number of hydrogen-bond acceptors (Lipinski definition) is 4. The summed E-state index contributed by atoms with van der Waals surface area (Å²) in [6.07, 6.45) is 1.57. The number of carbonyl (C=O) groups excluding carboxylic acids is 1. The van der Waals surface area contributed by atoms with Gasteiger partial charge in [0.05, 0.1) is 13.2 Å². The van der Waals surface area contributed by atoms with Gasteiger partial charge in [-0.3, -0.25) is 4.79 Å². The third-order valence-electron chi connectivity index (χ3n) is 2.75. The van der Waals surface area contributed by atoms with Crippen LogP contribution in [0.15, 0.2) is 30.5 Å². The Morgan fingerprint density at radius 2 is 1.90 bits per heavy atom. The summed E-state index contributed by atoms with van der Waals surface area (Å²) in [7, 11) is 0. The van der Waals surface area contributed by atoms with E-state index in [1.54, 1.807) is 30.5 Å². The lowest BCUT2D eigenvalue weighted by atomic mass is 10.2. The highest BCUT2D eigenvalue weighted by atomic mass is 16.5. The number of carbonyl (C=O) groups is 1. The molecule has 2 rings (SSSR count). The normalized spacial score (nSPS) is 10.2. The first-order valence-electron chi connectivity index (χ1n) is 6.79. The number of aromatic amines is 1. The van der Waals surface area contributed by atoms with E-state index in [-0.39, 0.29) is 5.91 Å². The Labute approximate surface area is 123 Å². The molecular weight excluding hydrogens is 270 g/mol. The number of ether oxygens (including phenoxy) is 2. The standard InChI is InChI=1S/C15H19N3O3/c1-3-20-13-6-5-11(8-14(13)21-4-2)18-15(19)12-7-10(16)9-17-12/h5-9,17H,3-4,16H2,1-2H3,(H,18,19). The maximum absolute atomic E-state index is 12.0. The lowest BCUT2D eigenvalue weighted by Crippen LogP contribution is -2.12. The smallest absolute Gasteiger partial charge is 0.272 e. The van der Waals surface area contributed by atoms with Crippen LogP contribution < -0.4 is 20.5 Å². The van der Waals surface area contributed by atoms with Crippen molar-refractivity contribution in [2.24, 2.45) is 0 Å². The van der Waals surface area contributed by atoms with Crippen LogP contribution in [0.1, 0.15) is 24.3 Å². The highest BCUT2D eigenvalue weighted by molar-refractivity contribution is 6.03. The molecule has 21 heavy (non-hydrogen) atoms. The van der Waals surface area contributed by atoms with E-state index in [1.165, 1.54) is 0 Å². The van der Waals surface area contributed by atoms with Crippen LogP contribution in [0, 0.1) is 0 Å². The van der Waals surface area contributed by atoms with Crippen molar-refractivity contribution in [2.45, 2.75) is 13.8 Å². The molecule has 6 nitrogen and oxygen atoms in total. The highest BCUT2D eigenvalue weighted by Crippen LogP contribution is 2.30. The van der Waals surface area contributed by atoms with Crippen LogP contribution in [-0.4, -0.2) is 24.1 Å². The summed E-state index contributed by atoms with van der Waals surface area (Å²) in [6.45, 7) is 4.86. The van der Waals surface area contributed by atoms with Crippen LogP contribution >= 0.6 is 0 Å². The summed E-state index contributed by atoms with van der Waals surface area (Å²) in [4.78, 5) is 14.8. The number of nitrogens with two attached hydrogens (primary N) is 1. The van der Waals surface area contributed by atoms with Crippen LogP contribution in [0.2, 0.25) is 0 Å². The lowest BCUT2D eigenvalue weighted by Gasteiger charge is -2.12. The van der Waals surface area contributed by atoms with Crippen molar-refractivity contribution in [3.63, 3.8) is 0 Å². The van der Waals surface area contributed by atoms with Crippen molar-refractivity contribution < 1.29 is 14.3 Å². The summed E-state index contributed by atoms with van der Waals surface area (Å²) in [5.41, 5.74) is 7.12. The minimum absolute atomic E-state index is 0.265. The van der Waals surface area contributed by atoms with E-state index in [9.17, 15) is 4.79 Å². The first-order valence-corrected chi connectivity index (χ1v) is 6.79. The van der Waals surface area contributed by atoms with Crippen molar-refractivity contribution in [3.8, 4) is 11.5 Å². The van der Waals surface area contributed by atoms with Gasteiger partial charge in [0.1, 0.15) is 5.69 Å². The quantitative estimate of drug-likeness (QED) is 0.762. The maximum atomic E-state index is 12.0. The van der Waals surface area contributed by atoms with Crippen LogP contribution in [0.4, 0.5) is 11.4 Å². The number of nitrogen functional groups attached to an aromatic ring is 1.